The molecule has 0 unspecified atom stereocenters. The maximum Gasteiger partial charge on any atom is 0.123 e. The van der Waals surface area contributed by atoms with Gasteiger partial charge in [-0.15, -0.1) is 0 Å². The smallest absolute Gasteiger partial charge is 0.123 e. The molecule has 13 heavy (non-hydrogen) atoms. The lowest BCUT2D eigenvalue weighted by atomic mass is 10.2. The quantitative estimate of drug-likeness (QED) is 0.707. The molecule has 0 spiro atoms. The monoisotopic (exact) mass is 259 g/mol. The van der Waals surface area contributed by atoms with Gasteiger partial charge in [0.15, 0.2) is 0 Å². The molecule has 4 heteroatoms. The molecule has 0 bridgehead atoms. The lowest BCUT2D eigenvalue weighted by Gasteiger charge is -2.01. The van der Waals surface area contributed by atoms with Crippen LogP contribution in [0.15, 0.2) is 28.7 Å². The fraction of sp³-hybridized carbons (Fsp3) is 0. The first kappa shape index (κ1) is 10.2. The standard InChI is InChI=1S/C9H4BrClFN/c10-8-2-1-6(12)5-7(8)9(11)3-4-13/h1-3,5H/b9-3-. The zero-order valence-electron chi connectivity index (χ0n) is 6.39. The van der Waals surface area contributed by atoms with Gasteiger partial charge >= 0.3 is 0 Å². The summed E-state index contributed by atoms with van der Waals surface area (Å²) in [6.07, 6.45) is 1.15. The SMILES string of the molecule is N#C/C=C(\Cl)c1cc(F)ccc1Br. The van der Waals surface area contributed by atoms with Gasteiger partial charge in [0.25, 0.3) is 0 Å². The lowest BCUT2D eigenvalue weighted by Crippen LogP contribution is -1.82. The maximum absolute atomic E-state index is 12.8. The van der Waals surface area contributed by atoms with Gasteiger partial charge in [0.05, 0.1) is 11.1 Å². The average Bonchev–Trinajstić information content (AvgIpc) is 2.09. The van der Waals surface area contributed by atoms with Crippen molar-refractivity contribution < 1.29 is 4.39 Å². The van der Waals surface area contributed by atoms with Gasteiger partial charge in [0.1, 0.15) is 5.82 Å². The van der Waals surface area contributed by atoms with Crippen molar-refractivity contribution in [2.45, 2.75) is 0 Å². The minimum absolute atomic E-state index is 0.217. The summed E-state index contributed by atoms with van der Waals surface area (Å²) >= 11 is 8.93. The van der Waals surface area contributed by atoms with Crippen LogP contribution >= 0.6 is 27.5 Å². The molecule has 1 nitrogen and oxygen atoms in total. The molecule has 0 fully saturated rings. The molecule has 0 atom stereocenters. The van der Waals surface area contributed by atoms with Crippen LogP contribution in [0.3, 0.4) is 0 Å². The number of halogens is 3. The molecular weight excluding hydrogens is 256 g/mol. The van der Waals surface area contributed by atoms with Gasteiger partial charge < -0.3 is 0 Å². The third-order valence-corrected chi connectivity index (χ3v) is 2.38. The number of nitriles is 1. The summed E-state index contributed by atoms with van der Waals surface area (Å²) in [5.41, 5.74) is 0.475. The first-order chi connectivity index (χ1) is 6.15. The molecule has 0 aromatic heterocycles. The van der Waals surface area contributed by atoms with Crippen molar-refractivity contribution >= 4 is 32.6 Å². The molecule has 0 N–H and O–H groups in total. The second-order valence-electron chi connectivity index (χ2n) is 2.25. The Balaban J connectivity index is 3.22. The van der Waals surface area contributed by atoms with Gasteiger partial charge in [-0.05, 0) is 18.2 Å². The predicted molar refractivity (Wildman–Crippen MR) is 53.5 cm³/mol. The zero-order valence-corrected chi connectivity index (χ0v) is 8.73. The number of hydrogen-bond donors (Lipinski definition) is 0. The van der Waals surface area contributed by atoms with Crippen LogP contribution < -0.4 is 0 Å². The number of hydrogen-bond acceptors (Lipinski definition) is 1. The largest absolute Gasteiger partial charge is 0.207 e. The van der Waals surface area contributed by atoms with Crippen LogP contribution in [0.1, 0.15) is 5.56 Å². The van der Waals surface area contributed by atoms with Crippen LogP contribution in [-0.4, -0.2) is 0 Å². The van der Waals surface area contributed by atoms with Crippen molar-refractivity contribution in [2.24, 2.45) is 0 Å². The Morgan fingerprint density at radius 1 is 1.62 bits per heavy atom. The van der Waals surface area contributed by atoms with Crippen LogP contribution in [0.25, 0.3) is 5.03 Å². The minimum Gasteiger partial charge on any atom is -0.207 e. The molecule has 1 aromatic carbocycles. The Bertz CT molecular complexity index is 395. The van der Waals surface area contributed by atoms with Crippen LogP contribution in [-0.2, 0) is 0 Å². The summed E-state index contributed by atoms with van der Waals surface area (Å²) in [6.45, 7) is 0. The lowest BCUT2D eigenvalue weighted by molar-refractivity contribution is 0.627. The summed E-state index contributed by atoms with van der Waals surface area (Å²) in [6, 6.07) is 5.89. The molecule has 1 rings (SSSR count). The minimum atomic E-state index is -0.386. The topological polar surface area (TPSA) is 23.8 Å². The molecular formula is C9H4BrClFN. The zero-order chi connectivity index (χ0) is 9.84. The van der Waals surface area contributed by atoms with E-state index >= 15 is 0 Å². The number of rotatable bonds is 1. The maximum atomic E-state index is 12.8. The highest BCUT2D eigenvalue weighted by atomic mass is 79.9. The van der Waals surface area contributed by atoms with Crippen molar-refractivity contribution in [3.63, 3.8) is 0 Å². The highest BCUT2D eigenvalue weighted by Crippen LogP contribution is 2.27. The summed E-state index contributed by atoms with van der Waals surface area (Å²) in [5, 5.41) is 8.55. The van der Waals surface area contributed by atoms with Crippen LogP contribution in [0, 0.1) is 17.1 Å². The molecule has 0 heterocycles. The van der Waals surface area contributed by atoms with Crippen molar-refractivity contribution in [3.05, 3.63) is 40.1 Å². The van der Waals surface area contributed by atoms with E-state index in [4.69, 9.17) is 16.9 Å². The third-order valence-electron chi connectivity index (χ3n) is 1.38. The summed E-state index contributed by atoms with van der Waals surface area (Å²) in [5.74, 6) is -0.386. The molecule has 0 saturated heterocycles. The summed E-state index contributed by atoms with van der Waals surface area (Å²) in [4.78, 5) is 0. The molecule has 0 aliphatic carbocycles. The van der Waals surface area contributed by atoms with Crippen molar-refractivity contribution in [2.75, 3.05) is 0 Å². The van der Waals surface area contributed by atoms with E-state index in [0.717, 1.165) is 6.08 Å². The molecule has 66 valence electrons. The Hall–Kier alpha value is -0.850. The van der Waals surface area contributed by atoms with E-state index in [0.29, 0.717) is 10.0 Å². The number of benzene rings is 1. The summed E-state index contributed by atoms with van der Waals surface area (Å²) < 4.78 is 13.4. The van der Waals surface area contributed by atoms with E-state index in [1.807, 2.05) is 0 Å². The van der Waals surface area contributed by atoms with Gasteiger partial charge in [-0.3, -0.25) is 0 Å². The molecule has 0 saturated carbocycles. The molecule has 0 amide bonds. The van der Waals surface area contributed by atoms with Crippen molar-refractivity contribution in [3.8, 4) is 6.07 Å². The highest BCUT2D eigenvalue weighted by molar-refractivity contribution is 9.10. The molecule has 0 radical (unpaired) electrons. The third kappa shape index (κ3) is 2.55. The number of nitrogens with zero attached hydrogens (tertiary/aromatic N) is 1. The van der Waals surface area contributed by atoms with E-state index in [2.05, 4.69) is 15.9 Å². The average molecular weight is 260 g/mol. The number of allylic oxidation sites excluding steroid dienone is 1. The van der Waals surface area contributed by atoms with E-state index in [-0.39, 0.29) is 10.8 Å². The van der Waals surface area contributed by atoms with Gasteiger partial charge in [0.2, 0.25) is 0 Å². The Morgan fingerprint density at radius 2 is 2.31 bits per heavy atom. The fourth-order valence-corrected chi connectivity index (χ4v) is 1.59. The van der Waals surface area contributed by atoms with Gasteiger partial charge in [-0.25, -0.2) is 4.39 Å². The molecule has 0 aliphatic heterocycles. The van der Waals surface area contributed by atoms with Crippen LogP contribution in [0.4, 0.5) is 4.39 Å². The first-order valence-corrected chi connectivity index (χ1v) is 4.53. The Labute approximate surface area is 88.6 Å². The predicted octanol–water partition coefficient (Wildman–Crippen LogP) is 3.69. The Morgan fingerprint density at radius 3 is 2.92 bits per heavy atom. The highest BCUT2D eigenvalue weighted by Gasteiger charge is 2.04. The van der Waals surface area contributed by atoms with E-state index in [1.54, 1.807) is 6.07 Å². The van der Waals surface area contributed by atoms with Gasteiger partial charge in [-0.1, -0.05) is 27.5 Å². The summed E-state index contributed by atoms with van der Waals surface area (Å²) in [7, 11) is 0. The van der Waals surface area contributed by atoms with E-state index in [9.17, 15) is 4.39 Å². The van der Waals surface area contributed by atoms with Gasteiger partial charge in [0, 0.05) is 16.1 Å². The van der Waals surface area contributed by atoms with E-state index in [1.165, 1.54) is 18.2 Å². The molecule has 0 aliphatic rings. The van der Waals surface area contributed by atoms with Gasteiger partial charge in [-0.2, -0.15) is 5.26 Å². The van der Waals surface area contributed by atoms with Crippen molar-refractivity contribution in [1.29, 1.82) is 5.26 Å². The Kier molecular flexibility index (Phi) is 3.47. The van der Waals surface area contributed by atoms with E-state index < -0.39 is 0 Å². The van der Waals surface area contributed by atoms with Crippen LogP contribution in [0.5, 0.6) is 0 Å². The second-order valence-corrected chi connectivity index (χ2v) is 3.51. The second kappa shape index (κ2) is 4.40. The van der Waals surface area contributed by atoms with Crippen LogP contribution in [0.2, 0.25) is 0 Å². The fourth-order valence-electron chi connectivity index (χ4n) is 0.815. The molecule has 1 aromatic rings. The normalized spacial score (nSPS) is 11.1. The first-order valence-electron chi connectivity index (χ1n) is 3.36. The van der Waals surface area contributed by atoms with Crippen molar-refractivity contribution in [1.82, 2.24) is 0 Å².